The predicted octanol–water partition coefficient (Wildman–Crippen LogP) is 2.77. The maximum absolute atomic E-state index is 6.06. The fraction of sp³-hybridized carbons (Fsp3) is 0.571. The zero-order valence-corrected chi connectivity index (χ0v) is 11.9. The van der Waals surface area contributed by atoms with Gasteiger partial charge in [-0.1, -0.05) is 18.5 Å². The molecule has 0 radical (unpaired) electrons. The van der Waals surface area contributed by atoms with Gasteiger partial charge < -0.3 is 16.2 Å². The molecule has 1 atom stereocenters. The van der Waals surface area contributed by atoms with Gasteiger partial charge in [-0.15, -0.1) is 0 Å². The van der Waals surface area contributed by atoms with Crippen LogP contribution in [-0.4, -0.2) is 19.7 Å². The van der Waals surface area contributed by atoms with Crippen molar-refractivity contribution in [1.82, 2.24) is 0 Å². The van der Waals surface area contributed by atoms with Gasteiger partial charge in [0.15, 0.2) is 0 Å². The van der Waals surface area contributed by atoms with Crippen molar-refractivity contribution in [3.05, 3.63) is 28.8 Å². The standard InChI is InChI=1S/C14H23ClN2O/c1-3-18-14-5-4-12(15)7-13(14)10(2)6-11(8-16)9-17/h4-5,7,10-11H,3,6,8-9,16-17H2,1-2H3. The van der Waals surface area contributed by atoms with Crippen LogP contribution in [0.2, 0.25) is 5.02 Å². The minimum Gasteiger partial charge on any atom is -0.494 e. The Bertz CT molecular complexity index is 367. The average Bonchev–Trinajstić information content (AvgIpc) is 2.38. The summed E-state index contributed by atoms with van der Waals surface area (Å²) < 4.78 is 5.64. The number of nitrogens with two attached hydrogens (primary N) is 2. The lowest BCUT2D eigenvalue weighted by Gasteiger charge is -2.21. The fourth-order valence-corrected chi connectivity index (χ4v) is 2.29. The van der Waals surface area contributed by atoms with E-state index < -0.39 is 0 Å². The second-order valence-electron chi connectivity index (χ2n) is 4.59. The van der Waals surface area contributed by atoms with E-state index in [1.807, 2.05) is 25.1 Å². The van der Waals surface area contributed by atoms with Gasteiger partial charge in [-0.25, -0.2) is 0 Å². The molecule has 102 valence electrons. The summed E-state index contributed by atoms with van der Waals surface area (Å²) in [4.78, 5) is 0. The van der Waals surface area contributed by atoms with E-state index in [1.165, 1.54) is 0 Å². The van der Waals surface area contributed by atoms with E-state index in [0.29, 0.717) is 31.5 Å². The predicted molar refractivity (Wildman–Crippen MR) is 77.3 cm³/mol. The third-order valence-corrected chi connectivity index (χ3v) is 3.39. The van der Waals surface area contributed by atoms with Crippen molar-refractivity contribution < 1.29 is 4.74 Å². The van der Waals surface area contributed by atoms with E-state index >= 15 is 0 Å². The molecule has 3 nitrogen and oxygen atoms in total. The molecule has 0 aliphatic carbocycles. The molecule has 1 aromatic carbocycles. The molecular weight excluding hydrogens is 248 g/mol. The molecule has 0 aromatic heterocycles. The van der Waals surface area contributed by atoms with Crippen LogP contribution in [0.15, 0.2) is 18.2 Å². The third kappa shape index (κ3) is 4.16. The van der Waals surface area contributed by atoms with Crippen molar-refractivity contribution in [2.75, 3.05) is 19.7 Å². The van der Waals surface area contributed by atoms with Crippen molar-refractivity contribution in [3.8, 4) is 5.75 Å². The van der Waals surface area contributed by atoms with E-state index in [0.717, 1.165) is 22.8 Å². The van der Waals surface area contributed by atoms with Crippen LogP contribution in [0.4, 0.5) is 0 Å². The highest BCUT2D eigenvalue weighted by molar-refractivity contribution is 6.30. The highest BCUT2D eigenvalue weighted by atomic mass is 35.5. The van der Waals surface area contributed by atoms with Crippen LogP contribution in [-0.2, 0) is 0 Å². The molecular formula is C14H23ClN2O. The second-order valence-corrected chi connectivity index (χ2v) is 5.03. The molecule has 0 aliphatic rings. The number of rotatable bonds is 7. The summed E-state index contributed by atoms with van der Waals surface area (Å²) in [7, 11) is 0. The van der Waals surface area contributed by atoms with Crippen LogP contribution in [0.5, 0.6) is 5.75 Å². The minimum absolute atomic E-state index is 0.336. The van der Waals surface area contributed by atoms with Crippen molar-refractivity contribution in [3.63, 3.8) is 0 Å². The van der Waals surface area contributed by atoms with Gasteiger partial charge >= 0.3 is 0 Å². The van der Waals surface area contributed by atoms with Crippen LogP contribution in [0.3, 0.4) is 0 Å². The summed E-state index contributed by atoms with van der Waals surface area (Å²) in [6.07, 6.45) is 0.952. The summed E-state index contributed by atoms with van der Waals surface area (Å²) >= 11 is 6.06. The largest absolute Gasteiger partial charge is 0.494 e. The van der Waals surface area contributed by atoms with Gasteiger partial charge in [0, 0.05) is 5.02 Å². The molecule has 0 saturated carbocycles. The topological polar surface area (TPSA) is 61.3 Å². The Balaban J connectivity index is 2.88. The molecule has 0 heterocycles. The Morgan fingerprint density at radius 3 is 2.50 bits per heavy atom. The lowest BCUT2D eigenvalue weighted by molar-refractivity contribution is 0.332. The van der Waals surface area contributed by atoms with Gasteiger partial charge in [0.1, 0.15) is 5.75 Å². The Kier molecular flexibility index (Phi) is 6.47. The summed E-state index contributed by atoms with van der Waals surface area (Å²) in [5.74, 6) is 1.58. The van der Waals surface area contributed by atoms with Gasteiger partial charge in [0.25, 0.3) is 0 Å². The van der Waals surface area contributed by atoms with E-state index in [-0.39, 0.29) is 0 Å². The van der Waals surface area contributed by atoms with Crippen LogP contribution < -0.4 is 16.2 Å². The first kappa shape index (κ1) is 15.3. The van der Waals surface area contributed by atoms with Crippen molar-refractivity contribution in [2.24, 2.45) is 17.4 Å². The molecule has 0 fully saturated rings. The van der Waals surface area contributed by atoms with Gasteiger partial charge in [-0.3, -0.25) is 0 Å². The summed E-state index contributed by atoms with van der Waals surface area (Å²) in [6.45, 7) is 6.02. The summed E-state index contributed by atoms with van der Waals surface area (Å²) in [5.41, 5.74) is 12.5. The van der Waals surface area contributed by atoms with Crippen molar-refractivity contribution in [2.45, 2.75) is 26.2 Å². The molecule has 18 heavy (non-hydrogen) atoms. The molecule has 4 N–H and O–H groups in total. The van der Waals surface area contributed by atoms with Crippen molar-refractivity contribution >= 4 is 11.6 Å². The Morgan fingerprint density at radius 2 is 1.94 bits per heavy atom. The Morgan fingerprint density at radius 1 is 1.28 bits per heavy atom. The maximum atomic E-state index is 6.06. The zero-order chi connectivity index (χ0) is 13.5. The van der Waals surface area contributed by atoms with Gasteiger partial charge in [0.05, 0.1) is 6.61 Å². The monoisotopic (exact) mass is 270 g/mol. The molecule has 1 unspecified atom stereocenters. The molecule has 0 amide bonds. The molecule has 4 heteroatoms. The van der Waals surface area contributed by atoms with Crippen LogP contribution >= 0.6 is 11.6 Å². The Labute approximate surface area is 114 Å². The minimum atomic E-state index is 0.336. The molecule has 1 rings (SSSR count). The normalized spacial score (nSPS) is 12.8. The highest BCUT2D eigenvalue weighted by Gasteiger charge is 2.16. The molecule has 0 aliphatic heterocycles. The van der Waals surface area contributed by atoms with Gasteiger partial charge in [0.2, 0.25) is 0 Å². The number of benzene rings is 1. The Hall–Kier alpha value is -0.770. The number of hydrogen-bond donors (Lipinski definition) is 2. The fourth-order valence-electron chi connectivity index (χ4n) is 2.11. The molecule has 0 spiro atoms. The summed E-state index contributed by atoms with van der Waals surface area (Å²) in [6, 6.07) is 5.75. The average molecular weight is 271 g/mol. The van der Waals surface area contributed by atoms with Crippen LogP contribution in [0.1, 0.15) is 31.7 Å². The quantitative estimate of drug-likeness (QED) is 0.801. The smallest absolute Gasteiger partial charge is 0.122 e. The second kappa shape index (κ2) is 7.62. The van der Waals surface area contributed by atoms with Gasteiger partial charge in [-0.05, 0) is 62.0 Å². The third-order valence-electron chi connectivity index (χ3n) is 3.16. The first-order valence-corrected chi connectivity index (χ1v) is 6.82. The van der Waals surface area contributed by atoms with E-state index in [2.05, 4.69) is 6.92 Å². The lowest BCUT2D eigenvalue weighted by Crippen LogP contribution is -2.24. The summed E-state index contributed by atoms with van der Waals surface area (Å²) in [5, 5.41) is 0.734. The first-order chi connectivity index (χ1) is 8.62. The number of hydrogen-bond acceptors (Lipinski definition) is 3. The van der Waals surface area contributed by atoms with Crippen molar-refractivity contribution in [1.29, 1.82) is 0 Å². The number of halogens is 1. The van der Waals surface area contributed by atoms with Crippen LogP contribution in [0.25, 0.3) is 0 Å². The molecule has 0 bridgehead atoms. The lowest BCUT2D eigenvalue weighted by atomic mass is 9.89. The zero-order valence-electron chi connectivity index (χ0n) is 11.2. The number of ether oxygens (including phenoxy) is 1. The maximum Gasteiger partial charge on any atom is 0.122 e. The van der Waals surface area contributed by atoms with Crippen LogP contribution in [0, 0.1) is 5.92 Å². The highest BCUT2D eigenvalue weighted by Crippen LogP contribution is 2.33. The van der Waals surface area contributed by atoms with E-state index in [1.54, 1.807) is 0 Å². The SMILES string of the molecule is CCOc1ccc(Cl)cc1C(C)CC(CN)CN. The van der Waals surface area contributed by atoms with E-state index in [9.17, 15) is 0 Å². The molecule has 1 aromatic rings. The van der Waals surface area contributed by atoms with E-state index in [4.69, 9.17) is 27.8 Å². The molecule has 0 saturated heterocycles. The van der Waals surface area contributed by atoms with Gasteiger partial charge in [-0.2, -0.15) is 0 Å². The first-order valence-electron chi connectivity index (χ1n) is 6.44.